The van der Waals surface area contributed by atoms with Gasteiger partial charge in [-0.25, -0.2) is 0 Å². The number of ether oxygens (including phenoxy) is 1. The first-order chi connectivity index (χ1) is 21.9. The highest BCUT2D eigenvalue weighted by atomic mass is 35.5. The molecule has 0 spiro atoms. The monoisotopic (exact) mass is 669 g/mol. The van der Waals surface area contributed by atoms with Crippen LogP contribution in [0.5, 0.6) is 5.75 Å². The van der Waals surface area contributed by atoms with E-state index in [-0.39, 0.29) is 30.5 Å². The van der Waals surface area contributed by atoms with Gasteiger partial charge in [0.1, 0.15) is 12.6 Å². The van der Waals surface area contributed by atoms with Crippen molar-refractivity contribution in [2.75, 3.05) is 6.67 Å². The van der Waals surface area contributed by atoms with E-state index in [0.29, 0.717) is 21.2 Å². The molecule has 11 heteroatoms. The Balaban J connectivity index is 1.76. The fraction of sp³-hybridized carbons (Fsp3) is 0.314. The Morgan fingerprint density at radius 3 is 2.43 bits per heavy atom. The number of nitrogens with two attached hydrogens (primary N) is 1. The first-order valence-corrected chi connectivity index (χ1v) is 16.3. The molecule has 0 saturated heterocycles. The van der Waals surface area contributed by atoms with Gasteiger partial charge in [0, 0.05) is 39.9 Å². The topological polar surface area (TPSA) is 77.6 Å². The number of aromatic nitrogens is 1. The Morgan fingerprint density at radius 2 is 1.76 bits per heavy atom. The molecule has 2 atom stereocenters. The van der Waals surface area contributed by atoms with Gasteiger partial charge in [0.25, 0.3) is 5.91 Å². The Bertz CT molecular complexity index is 1780. The summed E-state index contributed by atoms with van der Waals surface area (Å²) in [7, 11) is 0. The maximum Gasteiger partial charge on any atom is 0.408 e. The van der Waals surface area contributed by atoms with E-state index in [4.69, 9.17) is 22.1 Å². The van der Waals surface area contributed by atoms with Crippen molar-refractivity contribution in [2.45, 2.75) is 68.6 Å². The van der Waals surface area contributed by atoms with Crippen LogP contribution >= 0.6 is 23.4 Å². The van der Waals surface area contributed by atoms with Gasteiger partial charge in [-0.05, 0) is 47.2 Å². The molecule has 1 aliphatic heterocycles. The van der Waals surface area contributed by atoms with E-state index in [2.05, 4.69) is 0 Å². The third-order valence-corrected chi connectivity index (χ3v) is 9.73. The van der Waals surface area contributed by atoms with Crippen LogP contribution in [-0.4, -0.2) is 34.3 Å². The van der Waals surface area contributed by atoms with Crippen molar-refractivity contribution in [3.05, 3.63) is 128 Å². The molecule has 1 aliphatic rings. The van der Waals surface area contributed by atoms with E-state index in [0.717, 1.165) is 34.1 Å². The number of amides is 1. The summed E-state index contributed by atoms with van der Waals surface area (Å²) in [6, 6.07) is 20.4. The second-order valence-electron chi connectivity index (χ2n) is 11.5. The van der Waals surface area contributed by atoms with Crippen molar-refractivity contribution in [2.24, 2.45) is 5.73 Å². The molecule has 0 radical (unpaired) electrons. The summed E-state index contributed by atoms with van der Waals surface area (Å²) in [5.41, 5.74) is 8.84. The van der Waals surface area contributed by atoms with Crippen molar-refractivity contribution in [3.63, 3.8) is 0 Å². The molecule has 0 saturated carbocycles. The van der Waals surface area contributed by atoms with Crippen LogP contribution in [0.3, 0.4) is 0 Å². The number of carbonyl (C=O) groups is 1. The molecule has 5 rings (SSSR count). The van der Waals surface area contributed by atoms with E-state index in [1.807, 2.05) is 56.3 Å². The van der Waals surface area contributed by atoms with Gasteiger partial charge in [0.05, 0.1) is 6.67 Å². The first-order valence-electron chi connectivity index (χ1n) is 14.9. The number of thioether (sulfide) groups is 1. The molecule has 2 heterocycles. The van der Waals surface area contributed by atoms with Crippen LogP contribution < -0.4 is 15.9 Å². The smallest absolute Gasteiger partial charge is 0.408 e. The molecule has 0 aliphatic carbocycles. The summed E-state index contributed by atoms with van der Waals surface area (Å²) < 4.78 is 49.7. The van der Waals surface area contributed by atoms with Crippen LogP contribution in [0.1, 0.15) is 70.9 Å². The number of alkyl halides is 3. The summed E-state index contributed by atoms with van der Waals surface area (Å²) >= 11 is 8.52. The number of hydrogen-bond donors (Lipinski definition) is 1. The highest BCUT2D eigenvalue weighted by Gasteiger charge is 2.43. The van der Waals surface area contributed by atoms with Crippen LogP contribution in [0.4, 0.5) is 13.2 Å². The standard InChI is InChI=1S/C35H35ClF3N3O3S/c1-21(2)26-16-41(17-27-25-13-7-8-15-29(25)46-19-24-12-9-14-28(36)30(24)27)31(34(44)42(20-40)22(3)35(37,38)39)33(32(26)43)45-18-23-10-5-4-6-11-23/h4-16,21-22,27H,17-20,40H2,1-3H3/t22-,27-/m1/s1. The van der Waals surface area contributed by atoms with Crippen LogP contribution in [0, 0.1) is 0 Å². The normalized spacial score (nSPS) is 15.1. The Morgan fingerprint density at radius 1 is 1.07 bits per heavy atom. The highest BCUT2D eigenvalue weighted by Crippen LogP contribution is 2.44. The highest BCUT2D eigenvalue weighted by molar-refractivity contribution is 7.98. The van der Waals surface area contributed by atoms with Crippen LogP contribution in [0.15, 0.2) is 88.7 Å². The molecule has 0 fully saturated rings. The van der Waals surface area contributed by atoms with E-state index in [1.165, 1.54) is 0 Å². The Hall–Kier alpha value is -3.73. The van der Waals surface area contributed by atoms with Gasteiger partial charge in [0.2, 0.25) is 5.43 Å². The number of pyridine rings is 1. The minimum atomic E-state index is -4.76. The molecule has 0 bridgehead atoms. The lowest BCUT2D eigenvalue weighted by Gasteiger charge is -2.32. The van der Waals surface area contributed by atoms with Crippen molar-refractivity contribution in [3.8, 4) is 5.75 Å². The summed E-state index contributed by atoms with van der Waals surface area (Å²) in [6.45, 7) is 3.84. The van der Waals surface area contributed by atoms with Crippen molar-refractivity contribution in [1.82, 2.24) is 9.47 Å². The Kier molecular flexibility index (Phi) is 10.2. The van der Waals surface area contributed by atoms with E-state index < -0.39 is 36.1 Å². The van der Waals surface area contributed by atoms with Gasteiger partial charge in [-0.2, -0.15) is 13.2 Å². The minimum absolute atomic E-state index is 0.0765. The Labute approximate surface area is 275 Å². The molecule has 46 heavy (non-hydrogen) atoms. The van der Waals surface area contributed by atoms with Gasteiger partial charge in [0.15, 0.2) is 11.4 Å². The van der Waals surface area contributed by atoms with Crippen LogP contribution in [0.25, 0.3) is 0 Å². The lowest BCUT2D eigenvalue weighted by molar-refractivity contribution is -0.171. The maximum atomic E-state index is 14.3. The van der Waals surface area contributed by atoms with Crippen LogP contribution in [0.2, 0.25) is 5.02 Å². The minimum Gasteiger partial charge on any atom is -0.483 e. The molecule has 4 aromatic rings. The number of hydrogen-bond acceptors (Lipinski definition) is 5. The molecule has 0 unspecified atom stereocenters. The zero-order chi connectivity index (χ0) is 33.2. The average Bonchev–Trinajstić information content (AvgIpc) is 3.18. The zero-order valence-corrected chi connectivity index (χ0v) is 27.3. The molecular weight excluding hydrogens is 635 g/mol. The lowest BCUT2D eigenvalue weighted by atomic mass is 9.88. The molecule has 3 aromatic carbocycles. The molecule has 242 valence electrons. The average molecular weight is 670 g/mol. The molecule has 1 amide bonds. The second kappa shape index (κ2) is 13.9. The third kappa shape index (κ3) is 6.84. The number of nitrogens with zero attached hydrogens (tertiary/aromatic N) is 2. The summed E-state index contributed by atoms with van der Waals surface area (Å²) in [5, 5.41) is 0.535. The molecule has 2 N–H and O–H groups in total. The number of halogens is 4. The lowest BCUT2D eigenvalue weighted by Crippen LogP contribution is -2.50. The fourth-order valence-electron chi connectivity index (χ4n) is 5.72. The number of benzene rings is 3. The number of carbonyl (C=O) groups excluding carboxylic acids is 1. The van der Waals surface area contributed by atoms with E-state index >= 15 is 0 Å². The largest absolute Gasteiger partial charge is 0.483 e. The summed E-state index contributed by atoms with van der Waals surface area (Å²) in [4.78, 5) is 29.8. The van der Waals surface area contributed by atoms with Gasteiger partial charge in [-0.1, -0.05) is 86.1 Å². The zero-order valence-electron chi connectivity index (χ0n) is 25.7. The predicted octanol–water partition coefficient (Wildman–Crippen LogP) is 7.95. The van der Waals surface area contributed by atoms with Crippen LogP contribution in [-0.2, 0) is 18.9 Å². The van der Waals surface area contributed by atoms with E-state index in [1.54, 1.807) is 52.9 Å². The van der Waals surface area contributed by atoms with Crippen molar-refractivity contribution < 1.29 is 22.7 Å². The maximum absolute atomic E-state index is 14.3. The quantitative estimate of drug-likeness (QED) is 0.183. The van der Waals surface area contributed by atoms with Crippen molar-refractivity contribution in [1.29, 1.82) is 0 Å². The molecule has 1 aromatic heterocycles. The summed E-state index contributed by atoms with van der Waals surface area (Å²) in [5.74, 6) is -1.40. The SMILES string of the molecule is CC(C)c1cn(C[C@@H]2c3ccccc3SCc3cccc(Cl)c32)c(C(=O)N(CN)[C@H](C)C(F)(F)F)c(OCc2ccccc2)c1=O. The number of fused-ring (bicyclic) bond motifs is 2. The fourth-order valence-corrected chi connectivity index (χ4v) is 7.16. The van der Waals surface area contributed by atoms with Gasteiger partial charge < -0.3 is 19.9 Å². The second-order valence-corrected chi connectivity index (χ2v) is 13.0. The molecule has 6 nitrogen and oxygen atoms in total. The first kappa shape index (κ1) is 33.6. The predicted molar refractivity (Wildman–Crippen MR) is 176 cm³/mol. The summed E-state index contributed by atoms with van der Waals surface area (Å²) in [6.07, 6.45) is -3.19. The van der Waals surface area contributed by atoms with Gasteiger partial charge >= 0.3 is 6.18 Å². The third-order valence-electron chi connectivity index (χ3n) is 8.26. The molecular formula is C35H35ClF3N3O3S. The van der Waals surface area contributed by atoms with Gasteiger partial charge in [-0.3, -0.25) is 9.59 Å². The van der Waals surface area contributed by atoms with E-state index in [9.17, 15) is 22.8 Å². The van der Waals surface area contributed by atoms with Crippen molar-refractivity contribution >= 4 is 29.3 Å². The van der Waals surface area contributed by atoms with Gasteiger partial charge in [-0.15, -0.1) is 11.8 Å². The number of rotatable bonds is 9.